The number of anilines is 1. The van der Waals surface area contributed by atoms with Crippen LogP contribution in [0.25, 0.3) is 0 Å². The second kappa shape index (κ2) is 6.62. The van der Waals surface area contributed by atoms with Gasteiger partial charge in [0.25, 0.3) is 11.8 Å². The molecule has 2 aromatic carbocycles. The molecule has 124 valence electrons. The van der Waals surface area contributed by atoms with Crippen LogP contribution in [0.5, 0.6) is 11.5 Å². The van der Waals surface area contributed by atoms with Crippen LogP contribution in [0.1, 0.15) is 10.4 Å². The minimum absolute atomic E-state index is 0.146. The van der Waals surface area contributed by atoms with Gasteiger partial charge in [-0.05, 0) is 30.3 Å². The maximum absolute atomic E-state index is 13.0. The summed E-state index contributed by atoms with van der Waals surface area (Å²) in [6, 6.07) is 14.1. The van der Waals surface area contributed by atoms with Gasteiger partial charge < -0.3 is 19.7 Å². The van der Waals surface area contributed by atoms with Crippen molar-refractivity contribution in [3.8, 4) is 11.5 Å². The molecule has 1 N–H and O–H groups in total. The van der Waals surface area contributed by atoms with Crippen molar-refractivity contribution in [3.63, 3.8) is 0 Å². The number of benzene rings is 2. The number of carbonyl (C=O) groups excluding carboxylic acids is 2. The van der Waals surface area contributed by atoms with Crippen LogP contribution in [0.3, 0.4) is 0 Å². The van der Waals surface area contributed by atoms with Crippen LogP contribution in [-0.4, -0.2) is 38.6 Å². The van der Waals surface area contributed by atoms with E-state index in [-0.39, 0.29) is 18.4 Å². The number of para-hydroxylation sites is 2. The van der Waals surface area contributed by atoms with Crippen LogP contribution in [0, 0.1) is 0 Å². The van der Waals surface area contributed by atoms with E-state index < -0.39 is 6.10 Å². The number of hydrogen-bond acceptors (Lipinski definition) is 4. The lowest BCUT2D eigenvalue weighted by atomic mass is 10.1. The highest BCUT2D eigenvalue weighted by atomic mass is 16.5. The standard InChI is InChI=1S/C18H18N2O4/c1-19-17(21)16-11-20(14-8-3-4-9-15(14)24-16)18(22)12-6-5-7-13(10-12)23-2/h3-10,16H,11H2,1-2H3,(H,19,21)/t16-/m0/s1. The van der Waals surface area contributed by atoms with E-state index in [1.54, 1.807) is 61.5 Å². The maximum atomic E-state index is 13.0. The van der Waals surface area contributed by atoms with Crippen molar-refractivity contribution in [1.82, 2.24) is 5.32 Å². The monoisotopic (exact) mass is 326 g/mol. The van der Waals surface area contributed by atoms with Crippen molar-refractivity contribution < 1.29 is 19.1 Å². The molecule has 0 spiro atoms. The molecule has 2 amide bonds. The van der Waals surface area contributed by atoms with E-state index in [0.717, 1.165) is 0 Å². The predicted molar refractivity (Wildman–Crippen MR) is 89.6 cm³/mol. The van der Waals surface area contributed by atoms with Gasteiger partial charge in [-0.2, -0.15) is 0 Å². The second-order valence-electron chi connectivity index (χ2n) is 5.34. The Labute approximate surface area is 140 Å². The van der Waals surface area contributed by atoms with E-state index in [9.17, 15) is 9.59 Å². The Hall–Kier alpha value is -3.02. The Kier molecular flexibility index (Phi) is 4.37. The van der Waals surface area contributed by atoms with Gasteiger partial charge in [-0.3, -0.25) is 9.59 Å². The fourth-order valence-corrected chi connectivity index (χ4v) is 2.64. The molecule has 0 saturated carbocycles. The Morgan fingerprint density at radius 2 is 2.00 bits per heavy atom. The summed E-state index contributed by atoms with van der Waals surface area (Å²) in [6.07, 6.45) is -0.751. The summed E-state index contributed by atoms with van der Waals surface area (Å²) in [5.41, 5.74) is 1.13. The van der Waals surface area contributed by atoms with Crippen LogP contribution in [0.4, 0.5) is 5.69 Å². The number of fused-ring (bicyclic) bond motifs is 1. The summed E-state index contributed by atoms with van der Waals surface area (Å²) >= 11 is 0. The van der Waals surface area contributed by atoms with Crippen LogP contribution in [0.15, 0.2) is 48.5 Å². The Bertz CT molecular complexity index is 775. The molecule has 0 fully saturated rings. The van der Waals surface area contributed by atoms with Gasteiger partial charge >= 0.3 is 0 Å². The van der Waals surface area contributed by atoms with E-state index in [4.69, 9.17) is 9.47 Å². The quantitative estimate of drug-likeness (QED) is 0.935. The Morgan fingerprint density at radius 1 is 1.21 bits per heavy atom. The van der Waals surface area contributed by atoms with Crippen molar-refractivity contribution in [2.24, 2.45) is 0 Å². The smallest absolute Gasteiger partial charge is 0.262 e. The molecular formula is C18H18N2O4. The third-order valence-electron chi connectivity index (χ3n) is 3.87. The Morgan fingerprint density at radius 3 is 2.75 bits per heavy atom. The average molecular weight is 326 g/mol. The minimum Gasteiger partial charge on any atom is -0.497 e. The molecule has 24 heavy (non-hydrogen) atoms. The fraction of sp³-hybridized carbons (Fsp3) is 0.222. The van der Waals surface area contributed by atoms with Gasteiger partial charge in [0, 0.05) is 12.6 Å². The highest BCUT2D eigenvalue weighted by Crippen LogP contribution is 2.34. The first-order valence-electron chi connectivity index (χ1n) is 7.57. The van der Waals surface area contributed by atoms with Gasteiger partial charge in [-0.25, -0.2) is 0 Å². The molecular weight excluding hydrogens is 308 g/mol. The molecule has 1 heterocycles. The first-order chi connectivity index (χ1) is 11.6. The van der Waals surface area contributed by atoms with Crippen molar-refractivity contribution in [2.75, 3.05) is 25.6 Å². The predicted octanol–water partition coefficient (Wildman–Crippen LogP) is 1.85. The van der Waals surface area contributed by atoms with Crippen molar-refractivity contribution in [3.05, 3.63) is 54.1 Å². The molecule has 1 aliphatic heterocycles. The SMILES string of the molecule is CNC(=O)[C@@H]1CN(C(=O)c2cccc(OC)c2)c2ccccc2O1. The molecule has 0 aliphatic carbocycles. The molecule has 0 radical (unpaired) electrons. The zero-order chi connectivity index (χ0) is 17.1. The van der Waals surface area contributed by atoms with Crippen molar-refractivity contribution >= 4 is 17.5 Å². The summed E-state index contributed by atoms with van der Waals surface area (Å²) in [5.74, 6) is 0.630. The molecule has 3 rings (SSSR count). The van der Waals surface area contributed by atoms with E-state index in [1.165, 1.54) is 0 Å². The van der Waals surface area contributed by atoms with Gasteiger partial charge in [-0.15, -0.1) is 0 Å². The topological polar surface area (TPSA) is 67.9 Å². The van der Waals surface area contributed by atoms with E-state index >= 15 is 0 Å². The first kappa shape index (κ1) is 15.9. The highest BCUT2D eigenvalue weighted by Gasteiger charge is 2.33. The largest absolute Gasteiger partial charge is 0.497 e. The number of ether oxygens (including phenoxy) is 2. The molecule has 0 saturated heterocycles. The molecule has 6 heteroatoms. The first-order valence-corrected chi connectivity index (χ1v) is 7.57. The van der Waals surface area contributed by atoms with Gasteiger partial charge in [0.05, 0.1) is 19.3 Å². The van der Waals surface area contributed by atoms with Crippen LogP contribution in [-0.2, 0) is 4.79 Å². The molecule has 0 aromatic heterocycles. The maximum Gasteiger partial charge on any atom is 0.262 e. The number of hydrogen-bond donors (Lipinski definition) is 1. The van der Waals surface area contributed by atoms with Gasteiger partial charge in [-0.1, -0.05) is 18.2 Å². The lowest BCUT2D eigenvalue weighted by molar-refractivity contribution is -0.127. The van der Waals surface area contributed by atoms with E-state index in [2.05, 4.69) is 5.32 Å². The summed E-state index contributed by atoms with van der Waals surface area (Å²) in [4.78, 5) is 26.5. The van der Waals surface area contributed by atoms with Gasteiger partial charge in [0.15, 0.2) is 6.10 Å². The number of carbonyl (C=O) groups is 2. The van der Waals surface area contributed by atoms with Crippen LogP contribution in [0.2, 0.25) is 0 Å². The zero-order valence-electron chi connectivity index (χ0n) is 13.5. The summed E-state index contributed by atoms with van der Waals surface area (Å²) < 4.78 is 10.9. The molecule has 0 unspecified atom stereocenters. The highest BCUT2D eigenvalue weighted by molar-refractivity contribution is 6.08. The molecule has 1 aliphatic rings. The Balaban J connectivity index is 1.98. The van der Waals surface area contributed by atoms with Crippen molar-refractivity contribution in [2.45, 2.75) is 6.10 Å². The van der Waals surface area contributed by atoms with Crippen molar-refractivity contribution in [1.29, 1.82) is 0 Å². The lowest BCUT2D eigenvalue weighted by Crippen LogP contribution is -2.50. The van der Waals surface area contributed by atoms with E-state index in [0.29, 0.717) is 22.7 Å². The summed E-state index contributed by atoms with van der Waals surface area (Å²) in [5, 5.41) is 2.56. The third kappa shape index (κ3) is 2.90. The second-order valence-corrected chi connectivity index (χ2v) is 5.34. The van der Waals surface area contributed by atoms with Gasteiger partial charge in [0.2, 0.25) is 0 Å². The zero-order valence-corrected chi connectivity index (χ0v) is 13.5. The normalized spacial score (nSPS) is 15.9. The number of nitrogens with one attached hydrogen (secondary N) is 1. The number of methoxy groups -OCH3 is 1. The third-order valence-corrected chi connectivity index (χ3v) is 3.87. The number of rotatable bonds is 3. The molecule has 2 aromatic rings. The molecule has 6 nitrogen and oxygen atoms in total. The average Bonchev–Trinajstić information content (AvgIpc) is 2.65. The number of amides is 2. The molecule has 0 bridgehead atoms. The van der Waals surface area contributed by atoms with Crippen LogP contribution >= 0.6 is 0 Å². The number of nitrogens with zero attached hydrogens (tertiary/aromatic N) is 1. The minimum atomic E-state index is -0.751. The lowest BCUT2D eigenvalue weighted by Gasteiger charge is -2.34. The summed E-state index contributed by atoms with van der Waals surface area (Å²) in [7, 11) is 3.09. The fourth-order valence-electron chi connectivity index (χ4n) is 2.64. The van der Waals surface area contributed by atoms with Crippen LogP contribution < -0.4 is 19.7 Å². The molecule has 1 atom stereocenters. The summed E-state index contributed by atoms with van der Waals surface area (Å²) in [6.45, 7) is 0.146. The number of likely N-dealkylation sites (N-methyl/N-ethyl adjacent to an activating group) is 1. The van der Waals surface area contributed by atoms with E-state index in [1.807, 2.05) is 6.07 Å². The van der Waals surface area contributed by atoms with Gasteiger partial charge in [0.1, 0.15) is 11.5 Å².